The van der Waals surface area contributed by atoms with Crippen LogP contribution in [0.2, 0.25) is 0 Å². The second-order valence-corrected chi connectivity index (χ2v) is 6.62. The molecule has 4 heteroatoms. The topological polar surface area (TPSA) is 31.2 Å². The van der Waals surface area contributed by atoms with Crippen LogP contribution in [0.1, 0.15) is 28.8 Å². The molecule has 0 N–H and O–H groups in total. The van der Waals surface area contributed by atoms with Gasteiger partial charge in [0.15, 0.2) is 0 Å². The van der Waals surface area contributed by atoms with Crippen LogP contribution >= 0.6 is 22.6 Å². The van der Waals surface area contributed by atoms with E-state index in [-0.39, 0.29) is 5.97 Å². The predicted octanol–water partition coefficient (Wildman–Crippen LogP) is 4.86. The molecular formula is C21H18INO2. The second kappa shape index (κ2) is 8.21. The molecule has 0 saturated carbocycles. The maximum Gasteiger partial charge on any atom is 0.341 e. The highest BCUT2D eigenvalue weighted by Gasteiger charge is 2.20. The Labute approximate surface area is 161 Å². The molecule has 0 spiro atoms. The van der Waals surface area contributed by atoms with Gasteiger partial charge >= 0.3 is 5.97 Å². The molecule has 0 unspecified atom stereocenters. The Bertz CT molecular complexity index is 948. The Morgan fingerprint density at radius 1 is 1.12 bits per heavy atom. The van der Waals surface area contributed by atoms with Crippen LogP contribution in [0.5, 0.6) is 0 Å². The van der Waals surface area contributed by atoms with Crippen molar-refractivity contribution in [2.75, 3.05) is 7.11 Å². The molecule has 1 heterocycles. The van der Waals surface area contributed by atoms with Crippen LogP contribution in [0.4, 0.5) is 0 Å². The molecule has 0 aliphatic rings. The van der Waals surface area contributed by atoms with Gasteiger partial charge in [-0.2, -0.15) is 0 Å². The summed E-state index contributed by atoms with van der Waals surface area (Å²) in [4.78, 5) is 12.1. The van der Waals surface area contributed by atoms with Crippen molar-refractivity contribution in [3.05, 3.63) is 69.4 Å². The van der Waals surface area contributed by atoms with Gasteiger partial charge in [-0.15, -0.1) is 0 Å². The van der Waals surface area contributed by atoms with Crippen molar-refractivity contribution >= 4 is 39.5 Å². The van der Waals surface area contributed by atoms with E-state index in [1.807, 2.05) is 54.6 Å². The molecule has 3 aromatic rings. The number of hydrogen-bond acceptors (Lipinski definition) is 2. The van der Waals surface area contributed by atoms with Gasteiger partial charge in [0.1, 0.15) is 0 Å². The third-order valence-corrected chi connectivity index (χ3v) is 5.11. The van der Waals surface area contributed by atoms with E-state index in [9.17, 15) is 4.79 Å². The molecule has 0 aliphatic carbocycles. The Kier molecular flexibility index (Phi) is 5.77. The minimum atomic E-state index is -0.289. The zero-order valence-corrected chi connectivity index (χ0v) is 16.1. The standard InChI is InChI=1S/C21H18INO2/c1-25-21(24)19-17-13-7-8-14-18(17)23(20(19)22)15-9-3-6-12-16-10-4-2-5-11-16/h2,4-5,7-8,10-11,13-14H,3,9,15H2,1H3. The molecule has 1 aromatic heterocycles. The number of halogens is 1. The Balaban J connectivity index is 1.77. The molecule has 3 rings (SSSR count). The molecule has 0 aliphatic heterocycles. The average molecular weight is 443 g/mol. The summed E-state index contributed by atoms with van der Waals surface area (Å²) in [6.45, 7) is 0.819. The zero-order chi connectivity index (χ0) is 17.6. The summed E-state index contributed by atoms with van der Waals surface area (Å²) in [5.41, 5.74) is 2.74. The van der Waals surface area contributed by atoms with E-state index in [1.54, 1.807) is 0 Å². The van der Waals surface area contributed by atoms with Crippen LogP contribution in [-0.2, 0) is 11.3 Å². The number of aryl methyl sites for hydroxylation is 1. The number of nitrogens with zero attached hydrogens (tertiary/aromatic N) is 1. The minimum absolute atomic E-state index is 0.289. The Morgan fingerprint density at radius 3 is 2.60 bits per heavy atom. The largest absolute Gasteiger partial charge is 0.465 e. The van der Waals surface area contributed by atoms with Gasteiger partial charge in [-0.05, 0) is 47.2 Å². The van der Waals surface area contributed by atoms with Gasteiger partial charge in [0.05, 0.1) is 16.4 Å². The summed E-state index contributed by atoms with van der Waals surface area (Å²) in [6, 6.07) is 17.9. The van der Waals surface area contributed by atoms with Crippen molar-refractivity contribution < 1.29 is 9.53 Å². The highest BCUT2D eigenvalue weighted by Crippen LogP contribution is 2.28. The number of benzene rings is 2. The second-order valence-electron chi connectivity index (χ2n) is 5.60. The smallest absolute Gasteiger partial charge is 0.341 e. The number of unbranched alkanes of at least 4 members (excludes halogenated alkanes) is 1. The summed E-state index contributed by atoms with van der Waals surface area (Å²) in [5.74, 6) is 6.11. The molecule has 0 bridgehead atoms. The lowest BCUT2D eigenvalue weighted by atomic mass is 10.2. The van der Waals surface area contributed by atoms with E-state index in [2.05, 4.69) is 39.0 Å². The fourth-order valence-corrected chi connectivity index (χ4v) is 3.81. The molecule has 0 saturated heterocycles. The van der Waals surface area contributed by atoms with Crippen molar-refractivity contribution in [1.29, 1.82) is 0 Å². The van der Waals surface area contributed by atoms with E-state index in [0.717, 1.165) is 39.6 Å². The molecule has 0 radical (unpaired) electrons. The van der Waals surface area contributed by atoms with E-state index in [4.69, 9.17) is 4.74 Å². The lowest BCUT2D eigenvalue weighted by molar-refractivity contribution is 0.0601. The van der Waals surface area contributed by atoms with Gasteiger partial charge in [-0.3, -0.25) is 0 Å². The molecule has 0 fully saturated rings. The third kappa shape index (κ3) is 3.88. The molecule has 0 atom stereocenters. The SMILES string of the molecule is COC(=O)c1c(I)n(CCCC#Cc2ccccc2)c2ccccc12. The number of carbonyl (C=O) groups excluding carboxylic acids is 1. The highest BCUT2D eigenvalue weighted by atomic mass is 127. The maximum atomic E-state index is 12.1. The highest BCUT2D eigenvalue weighted by molar-refractivity contribution is 14.1. The predicted molar refractivity (Wildman–Crippen MR) is 109 cm³/mol. The number of rotatable bonds is 4. The number of fused-ring (bicyclic) bond motifs is 1. The number of methoxy groups -OCH3 is 1. The first-order chi connectivity index (χ1) is 12.2. The van der Waals surface area contributed by atoms with E-state index >= 15 is 0 Å². The first-order valence-electron chi connectivity index (χ1n) is 8.11. The minimum Gasteiger partial charge on any atom is -0.465 e. The van der Waals surface area contributed by atoms with Gasteiger partial charge in [0.25, 0.3) is 0 Å². The quantitative estimate of drug-likeness (QED) is 0.250. The molecule has 25 heavy (non-hydrogen) atoms. The third-order valence-electron chi connectivity index (χ3n) is 3.99. The molecule has 2 aromatic carbocycles. The lowest BCUT2D eigenvalue weighted by Crippen LogP contribution is -2.05. The van der Waals surface area contributed by atoms with Crippen LogP contribution in [-0.4, -0.2) is 17.6 Å². The number of carbonyl (C=O) groups is 1. The van der Waals surface area contributed by atoms with Crippen LogP contribution < -0.4 is 0 Å². The average Bonchev–Trinajstić information content (AvgIpc) is 2.93. The molecular weight excluding hydrogens is 425 g/mol. The van der Waals surface area contributed by atoms with E-state index in [0.29, 0.717) is 5.56 Å². The van der Waals surface area contributed by atoms with Crippen molar-refractivity contribution in [3.8, 4) is 11.8 Å². The Hall–Kier alpha value is -2.26. The van der Waals surface area contributed by atoms with Crippen LogP contribution in [0.3, 0.4) is 0 Å². The monoisotopic (exact) mass is 443 g/mol. The summed E-state index contributed by atoms with van der Waals surface area (Å²) in [5, 5.41) is 0.939. The Morgan fingerprint density at radius 2 is 1.84 bits per heavy atom. The number of ether oxygens (including phenoxy) is 1. The summed E-state index contributed by atoms with van der Waals surface area (Å²) >= 11 is 2.23. The van der Waals surface area contributed by atoms with Crippen molar-refractivity contribution in [2.45, 2.75) is 19.4 Å². The normalized spacial score (nSPS) is 10.3. The van der Waals surface area contributed by atoms with E-state index < -0.39 is 0 Å². The molecule has 126 valence electrons. The molecule has 0 amide bonds. The first-order valence-corrected chi connectivity index (χ1v) is 9.19. The van der Waals surface area contributed by atoms with Gasteiger partial charge in [0, 0.05) is 29.4 Å². The number of aromatic nitrogens is 1. The van der Waals surface area contributed by atoms with Gasteiger partial charge in [-0.25, -0.2) is 4.79 Å². The fraction of sp³-hybridized carbons (Fsp3) is 0.190. The van der Waals surface area contributed by atoms with Crippen LogP contribution in [0, 0.1) is 15.5 Å². The van der Waals surface area contributed by atoms with Crippen LogP contribution in [0.25, 0.3) is 10.9 Å². The summed E-state index contributed by atoms with van der Waals surface area (Å²) < 4.78 is 8.04. The van der Waals surface area contributed by atoms with Crippen molar-refractivity contribution in [1.82, 2.24) is 4.57 Å². The molecule has 3 nitrogen and oxygen atoms in total. The lowest BCUT2D eigenvalue weighted by Gasteiger charge is -2.06. The first kappa shape index (κ1) is 17.6. The fourth-order valence-electron chi connectivity index (χ4n) is 2.80. The zero-order valence-electron chi connectivity index (χ0n) is 14.0. The summed E-state index contributed by atoms with van der Waals surface area (Å²) in [6.07, 6.45) is 1.74. The number of hydrogen-bond donors (Lipinski definition) is 0. The van der Waals surface area contributed by atoms with Gasteiger partial charge in [-0.1, -0.05) is 48.2 Å². The van der Waals surface area contributed by atoms with Crippen molar-refractivity contribution in [2.24, 2.45) is 0 Å². The van der Waals surface area contributed by atoms with Crippen LogP contribution in [0.15, 0.2) is 54.6 Å². The number of para-hydroxylation sites is 1. The maximum absolute atomic E-state index is 12.1. The van der Waals surface area contributed by atoms with Gasteiger partial charge in [0.2, 0.25) is 0 Å². The summed E-state index contributed by atoms with van der Waals surface area (Å²) in [7, 11) is 1.42. The van der Waals surface area contributed by atoms with Crippen molar-refractivity contribution in [3.63, 3.8) is 0 Å². The van der Waals surface area contributed by atoms with Gasteiger partial charge < -0.3 is 9.30 Å². The number of esters is 1. The van der Waals surface area contributed by atoms with E-state index in [1.165, 1.54) is 7.11 Å².